The second-order valence-corrected chi connectivity index (χ2v) is 6.39. The number of aryl methyl sites for hydroxylation is 1. The van der Waals surface area contributed by atoms with Crippen molar-refractivity contribution in [3.8, 4) is 0 Å². The van der Waals surface area contributed by atoms with Crippen molar-refractivity contribution in [3.63, 3.8) is 0 Å². The van der Waals surface area contributed by atoms with E-state index >= 15 is 0 Å². The van der Waals surface area contributed by atoms with E-state index < -0.39 is 5.91 Å². The summed E-state index contributed by atoms with van der Waals surface area (Å²) in [4.78, 5) is 24.9. The van der Waals surface area contributed by atoms with Gasteiger partial charge in [0.15, 0.2) is 0 Å². The average Bonchev–Trinajstić information content (AvgIpc) is 2.66. The van der Waals surface area contributed by atoms with Crippen LogP contribution in [0, 0.1) is 12.7 Å². The highest BCUT2D eigenvalue weighted by Crippen LogP contribution is 2.21. The summed E-state index contributed by atoms with van der Waals surface area (Å²) >= 11 is 5.97. The van der Waals surface area contributed by atoms with Gasteiger partial charge in [-0.1, -0.05) is 23.7 Å². The Labute approximate surface area is 161 Å². The molecule has 0 fully saturated rings. The van der Waals surface area contributed by atoms with E-state index in [2.05, 4.69) is 10.6 Å². The average molecular weight is 383 g/mol. The highest BCUT2D eigenvalue weighted by atomic mass is 35.5. The van der Waals surface area contributed by atoms with Crippen LogP contribution in [-0.2, 0) is 0 Å². The Bertz CT molecular complexity index is 1000. The van der Waals surface area contributed by atoms with Crippen molar-refractivity contribution >= 4 is 34.8 Å². The number of amides is 2. The molecule has 0 heterocycles. The number of nitrogens with one attached hydrogen (secondary N) is 2. The molecule has 0 aliphatic rings. The number of hydrogen-bond acceptors (Lipinski definition) is 2. The van der Waals surface area contributed by atoms with Crippen molar-refractivity contribution in [2.45, 2.75) is 6.92 Å². The predicted molar refractivity (Wildman–Crippen MR) is 105 cm³/mol. The first-order valence-corrected chi connectivity index (χ1v) is 8.54. The molecule has 3 aromatic rings. The highest BCUT2D eigenvalue weighted by Gasteiger charge is 2.12. The molecule has 2 amide bonds. The van der Waals surface area contributed by atoms with E-state index in [9.17, 15) is 14.0 Å². The van der Waals surface area contributed by atoms with E-state index in [0.717, 1.165) is 5.56 Å². The smallest absolute Gasteiger partial charge is 0.255 e. The number of carbonyl (C=O) groups is 2. The van der Waals surface area contributed by atoms with Gasteiger partial charge in [-0.3, -0.25) is 9.59 Å². The van der Waals surface area contributed by atoms with E-state index in [0.29, 0.717) is 27.5 Å². The number of benzene rings is 3. The minimum Gasteiger partial charge on any atom is -0.322 e. The quantitative estimate of drug-likeness (QED) is 0.644. The van der Waals surface area contributed by atoms with Crippen LogP contribution in [0.1, 0.15) is 26.3 Å². The van der Waals surface area contributed by atoms with Crippen molar-refractivity contribution < 1.29 is 14.0 Å². The summed E-state index contributed by atoms with van der Waals surface area (Å²) in [6, 6.07) is 17.0. The molecule has 136 valence electrons. The van der Waals surface area contributed by atoms with Crippen LogP contribution >= 0.6 is 11.6 Å². The van der Waals surface area contributed by atoms with Gasteiger partial charge in [0.25, 0.3) is 11.8 Å². The first-order valence-electron chi connectivity index (χ1n) is 8.17. The van der Waals surface area contributed by atoms with Crippen LogP contribution in [0.5, 0.6) is 0 Å². The van der Waals surface area contributed by atoms with Gasteiger partial charge >= 0.3 is 0 Å². The Hall–Kier alpha value is -3.18. The van der Waals surface area contributed by atoms with E-state index in [4.69, 9.17) is 11.6 Å². The van der Waals surface area contributed by atoms with Crippen LogP contribution < -0.4 is 10.6 Å². The number of carbonyl (C=O) groups excluding carboxylic acids is 2. The molecule has 0 unspecified atom stereocenters. The van der Waals surface area contributed by atoms with Crippen LogP contribution in [0.2, 0.25) is 5.02 Å². The normalized spacial score (nSPS) is 10.3. The lowest BCUT2D eigenvalue weighted by Crippen LogP contribution is -2.16. The Morgan fingerprint density at radius 1 is 0.852 bits per heavy atom. The molecule has 0 radical (unpaired) electrons. The molecule has 2 N–H and O–H groups in total. The maximum Gasteiger partial charge on any atom is 0.255 e. The molecule has 4 nitrogen and oxygen atoms in total. The molecule has 3 aromatic carbocycles. The lowest BCUT2D eigenvalue weighted by molar-refractivity contribution is 0.102. The topological polar surface area (TPSA) is 58.2 Å². The third kappa shape index (κ3) is 4.71. The molecular formula is C21H16ClFN2O2. The maximum absolute atomic E-state index is 13.0. The fourth-order valence-electron chi connectivity index (χ4n) is 2.46. The molecule has 0 aliphatic heterocycles. The fourth-order valence-corrected chi connectivity index (χ4v) is 2.63. The number of rotatable bonds is 4. The molecule has 0 saturated heterocycles. The van der Waals surface area contributed by atoms with Crippen molar-refractivity contribution in [1.82, 2.24) is 0 Å². The Balaban J connectivity index is 1.76. The largest absolute Gasteiger partial charge is 0.322 e. The van der Waals surface area contributed by atoms with E-state index in [-0.39, 0.29) is 11.7 Å². The van der Waals surface area contributed by atoms with Crippen molar-refractivity contribution in [2.24, 2.45) is 0 Å². The first-order chi connectivity index (χ1) is 12.9. The molecule has 0 aliphatic carbocycles. The van der Waals surface area contributed by atoms with Crippen molar-refractivity contribution in [3.05, 3.63) is 94.3 Å². The SMILES string of the molecule is Cc1ccc(Cl)cc1NC(=O)c1cccc(C(=O)Nc2ccc(F)cc2)c1. The summed E-state index contributed by atoms with van der Waals surface area (Å²) in [6.07, 6.45) is 0. The van der Waals surface area contributed by atoms with Crippen LogP contribution in [0.25, 0.3) is 0 Å². The molecular weight excluding hydrogens is 367 g/mol. The molecule has 0 bridgehead atoms. The van der Waals surface area contributed by atoms with Gasteiger partial charge in [0.2, 0.25) is 0 Å². The number of halogens is 2. The minimum atomic E-state index is -0.393. The Kier molecular flexibility index (Phi) is 5.52. The minimum absolute atomic E-state index is 0.315. The summed E-state index contributed by atoms with van der Waals surface area (Å²) in [6.45, 7) is 1.86. The van der Waals surface area contributed by atoms with Crippen LogP contribution in [0.15, 0.2) is 66.7 Å². The van der Waals surface area contributed by atoms with Gasteiger partial charge in [-0.25, -0.2) is 4.39 Å². The number of hydrogen-bond donors (Lipinski definition) is 2. The third-order valence-electron chi connectivity index (χ3n) is 3.94. The van der Waals surface area contributed by atoms with Gasteiger partial charge in [0.05, 0.1) is 0 Å². The zero-order chi connectivity index (χ0) is 19.4. The summed E-state index contributed by atoms with van der Waals surface area (Å²) in [7, 11) is 0. The zero-order valence-corrected chi connectivity index (χ0v) is 15.2. The van der Waals surface area contributed by atoms with Gasteiger partial charge in [-0.2, -0.15) is 0 Å². The Morgan fingerprint density at radius 3 is 2.15 bits per heavy atom. The fraction of sp³-hybridized carbons (Fsp3) is 0.0476. The maximum atomic E-state index is 13.0. The predicted octanol–water partition coefficient (Wildman–Crippen LogP) is 5.29. The summed E-state index contributed by atoms with van der Waals surface area (Å²) in [5.41, 5.74) is 2.59. The lowest BCUT2D eigenvalue weighted by Gasteiger charge is -2.10. The summed E-state index contributed by atoms with van der Waals surface area (Å²) in [5.74, 6) is -1.13. The van der Waals surface area contributed by atoms with Gasteiger partial charge in [-0.15, -0.1) is 0 Å². The molecule has 3 rings (SSSR count). The van der Waals surface area contributed by atoms with E-state index in [1.165, 1.54) is 30.3 Å². The molecule has 0 spiro atoms. The van der Waals surface area contributed by atoms with Gasteiger partial charge in [0.1, 0.15) is 5.82 Å². The lowest BCUT2D eigenvalue weighted by atomic mass is 10.1. The van der Waals surface area contributed by atoms with Crippen LogP contribution in [0.4, 0.5) is 15.8 Å². The number of anilines is 2. The van der Waals surface area contributed by atoms with Gasteiger partial charge in [0, 0.05) is 27.5 Å². The molecule has 0 saturated carbocycles. The highest BCUT2D eigenvalue weighted by molar-refractivity contribution is 6.31. The monoisotopic (exact) mass is 382 g/mol. The molecule has 6 heteroatoms. The van der Waals surface area contributed by atoms with Crippen molar-refractivity contribution in [1.29, 1.82) is 0 Å². The molecule has 0 atom stereocenters. The second-order valence-electron chi connectivity index (χ2n) is 5.96. The summed E-state index contributed by atoms with van der Waals surface area (Å²) < 4.78 is 13.0. The van der Waals surface area contributed by atoms with E-state index in [1.54, 1.807) is 30.3 Å². The summed E-state index contributed by atoms with van der Waals surface area (Å²) in [5, 5.41) is 5.97. The Morgan fingerprint density at radius 2 is 1.48 bits per heavy atom. The van der Waals surface area contributed by atoms with E-state index in [1.807, 2.05) is 13.0 Å². The zero-order valence-electron chi connectivity index (χ0n) is 14.4. The van der Waals surface area contributed by atoms with Gasteiger partial charge in [-0.05, 0) is 67.1 Å². The standard InChI is InChI=1S/C21H16ClFN2O2/c1-13-5-6-16(22)12-19(13)25-21(27)15-4-2-3-14(11-15)20(26)24-18-9-7-17(23)8-10-18/h2-12H,1H3,(H,24,26)(H,25,27). The van der Waals surface area contributed by atoms with Crippen LogP contribution in [0.3, 0.4) is 0 Å². The molecule has 0 aromatic heterocycles. The van der Waals surface area contributed by atoms with Crippen molar-refractivity contribution in [2.75, 3.05) is 10.6 Å². The second kappa shape index (κ2) is 8.01. The first kappa shape index (κ1) is 18.6. The van der Waals surface area contributed by atoms with Crippen LogP contribution in [-0.4, -0.2) is 11.8 Å². The third-order valence-corrected chi connectivity index (χ3v) is 4.17. The molecule has 27 heavy (non-hydrogen) atoms. The van der Waals surface area contributed by atoms with Gasteiger partial charge < -0.3 is 10.6 Å².